The molecule has 0 radical (unpaired) electrons. The summed E-state index contributed by atoms with van der Waals surface area (Å²) in [5, 5.41) is 14.1. The van der Waals surface area contributed by atoms with Gasteiger partial charge in [0.1, 0.15) is 0 Å². The Labute approximate surface area is 138 Å². The Bertz CT molecular complexity index is 567. The van der Waals surface area contributed by atoms with Crippen LogP contribution in [0.25, 0.3) is 0 Å². The number of nitrogens with one attached hydrogen (secondary N) is 1. The molecular formula is C20H26N2O. The highest BCUT2D eigenvalue weighted by molar-refractivity contribution is 5.20. The molecule has 23 heavy (non-hydrogen) atoms. The normalized spacial score (nSPS) is 18.5. The van der Waals surface area contributed by atoms with Gasteiger partial charge in [-0.1, -0.05) is 49.6 Å². The Balaban J connectivity index is 1.68. The van der Waals surface area contributed by atoms with Crippen molar-refractivity contribution in [2.75, 3.05) is 6.54 Å². The van der Waals surface area contributed by atoms with Crippen molar-refractivity contribution in [3.8, 4) is 0 Å². The predicted molar refractivity (Wildman–Crippen MR) is 93.0 cm³/mol. The molecule has 0 amide bonds. The van der Waals surface area contributed by atoms with E-state index in [1.807, 2.05) is 12.1 Å². The van der Waals surface area contributed by atoms with Crippen LogP contribution in [0.2, 0.25) is 0 Å². The summed E-state index contributed by atoms with van der Waals surface area (Å²) in [6.07, 6.45) is 9.52. The van der Waals surface area contributed by atoms with Crippen LogP contribution in [0, 0.1) is 5.92 Å². The van der Waals surface area contributed by atoms with E-state index >= 15 is 0 Å². The molecule has 3 heteroatoms. The highest BCUT2D eigenvalue weighted by atomic mass is 16.3. The molecule has 2 N–H and O–H groups in total. The molecule has 2 aromatic rings. The average molecular weight is 310 g/mol. The van der Waals surface area contributed by atoms with Crippen molar-refractivity contribution in [1.29, 1.82) is 0 Å². The molecule has 1 aliphatic carbocycles. The molecule has 0 spiro atoms. The summed E-state index contributed by atoms with van der Waals surface area (Å²) in [5.41, 5.74) is 2.25. The first kappa shape index (κ1) is 16.2. The molecule has 1 heterocycles. The summed E-state index contributed by atoms with van der Waals surface area (Å²) < 4.78 is 0. The SMILES string of the molecule is O[C@@H](CN[C@@H](c1ccccc1)C1CCCCC1)c1ccncc1. The minimum Gasteiger partial charge on any atom is -0.387 e. The van der Waals surface area contributed by atoms with Gasteiger partial charge in [-0.15, -0.1) is 0 Å². The molecule has 0 unspecified atom stereocenters. The number of hydrogen-bond acceptors (Lipinski definition) is 3. The van der Waals surface area contributed by atoms with Gasteiger partial charge in [-0.05, 0) is 42.0 Å². The van der Waals surface area contributed by atoms with Crippen LogP contribution in [-0.2, 0) is 0 Å². The number of aliphatic hydroxyl groups excluding tert-OH is 1. The highest BCUT2D eigenvalue weighted by Crippen LogP contribution is 2.34. The lowest BCUT2D eigenvalue weighted by atomic mass is 9.81. The van der Waals surface area contributed by atoms with Crippen molar-refractivity contribution in [3.05, 3.63) is 66.0 Å². The van der Waals surface area contributed by atoms with Crippen LogP contribution in [0.5, 0.6) is 0 Å². The quantitative estimate of drug-likeness (QED) is 0.847. The lowest BCUT2D eigenvalue weighted by Gasteiger charge is -2.32. The Hall–Kier alpha value is -1.71. The molecule has 3 rings (SSSR count). The summed E-state index contributed by atoms with van der Waals surface area (Å²) in [4.78, 5) is 4.01. The third-order valence-corrected chi connectivity index (χ3v) is 4.90. The smallest absolute Gasteiger partial charge is 0.0915 e. The molecule has 1 fully saturated rings. The zero-order valence-corrected chi connectivity index (χ0v) is 13.6. The molecule has 122 valence electrons. The van der Waals surface area contributed by atoms with Crippen molar-refractivity contribution >= 4 is 0 Å². The monoisotopic (exact) mass is 310 g/mol. The summed E-state index contributed by atoms with van der Waals surface area (Å²) in [6, 6.07) is 14.8. The molecule has 2 atom stereocenters. The molecule has 0 saturated heterocycles. The number of pyridine rings is 1. The number of aliphatic hydroxyl groups is 1. The van der Waals surface area contributed by atoms with Gasteiger partial charge in [-0.2, -0.15) is 0 Å². The van der Waals surface area contributed by atoms with Gasteiger partial charge in [0.15, 0.2) is 0 Å². The van der Waals surface area contributed by atoms with Crippen molar-refractivity contribution in [2.24, 2.45) is 5.92 Å². The van der Waals surface area contributed by atoms with Crippen LogP contribution in [0.4, 0.5) is 0 Å². The highest BCUT2D eigenvalue weighted by Gasteiger charge is 2.25. The second-order valence-corrected chi connectivity index (χ2v) is 6.49. The average Bonchev–Trinajstić information content (AvgIpc) is 2.64. The van der Waals surface area contributed by atoms with Gasteiger partial charge in [0.05, 0.1) is 6.10 Å². The minimum atomic E-state index is -0.493. The summed E-state index contributed by atoms with van der Waals surface area (Å²) >= 11 is 0. The molecule has 0 aliphatic heterocycles. The van der Waals surface area contributed by atoms with Crippen LogP contribution in [-0.4, -0.2) is 16.6 Å². The fourth-order valence-electron chi connectivity index (χ4n) is 3.63. The van der Waals surface area contributed by atoms with E-state index in [2.05, 4.69) is 40.6 Å². The maximum absolute atomic E-state index is 10.4. The van der Waals surface area contributed by atoms with Crippen molar-refractivity contribution in [1.82, 2.24) is 10.3 Å². The van der Waals surface area contributed by atoms with E-state index in [-0.39, 0.29) is 0 Å². The third kappa shape index (κ3) is 4.40. The molecule has 1 aromatic carbocycles. The second kappa shape index (κ2) is 8.23. The molecular weight excluding hydrogens is 284 g/mol. The number of hydrogen-bond donors (Lipinski definition) is 2. The molecule has 0 bridgehead atoms. The van der Waals surface area contributed by atoms with Crippen molar-refractivity contribution in [3.63, 3.8) is 0 Å². The zero-order valence-electron chi connectivity index (χ0n) is 13.6. The maximum Gasteiger partial charge on any atom is 0.0915 e. The van der Waals surface area contributed by atoms with Crippen LogP contribution in [0.15, 0.2) is 54.9 Å². The summed E-state index contributed by atoms with van der Waals surface area (Å²) in [6.45, 7) is 0.570. The first-order chi connectivity index (χ1) is 11.3. The Morgan fingerprint density at radius 1 is 0.957 bits per heavy atom. The first-order valence-corrected chi connectivity index (χ1v) is 8.71. The maximum atomic E-state index is 10.4. The Morgan fingerprint density at radius 2 is 1.65 bits per heavy atom. The summed E-state index contributed by atoms with van der Waals surface area (Å²) in [5.74, 6) is 0.663. The van der Waals surface area contributed by atoms with Crippen LogP contribution < -0.4 is 5.32 Å². The van der Waals surface area contributed by atoms with Gasteiger partial charge in [0, 0.05) is 25.0 Å². The van der Waals surface area contributed by atoms with E-state index in [1.54, 1.807) is 12.4 Å². The van der Waals surface area contributed by atoms with Crippen molar-refractivity contribution < 1.29 is 5.11 Å². The Morgan fingerprint density at radius 3 is 2.35 bits per heavy atom. The number of rotatable bonds is 6. The topological polar surface area (TPSA) is 45.1 Å². The third-order valence-electron chi connectivity index (χ3n) is 4.90. The van der Waals surface area contributed by atoms with Crippen LogP contribution in [0.1, 0.15) is 55.4 Å². The van der Waals surface area contributed by atoms with E-state index in [4.69, 9.17) is 0 Å². The minimum absolute atomic E-state index is 0.327. The van der Waals surface area contributed by atoms with E-state index in [1.165, 1.54) is 37.7 Å². The standard InChI is InChI=1S/C20H26N2O/c23-19(16-11-13-21-14-12-16)15-22-20(17-7-3-1-4-8-17)18-9-5-2-6-10-18/h1,3-4,7-8,11-14,18-20,22-23H,2,5-6,9-10,15H2/t19-,20-/m0/s1. The molecule has 1 aromatic heterocycles. The molecule has 3 nitrogen and oxygen atoms in total. The van der Waals surface area contributed by atoms with E-state index in [0.717, 1.165) is 5.56 Å². The van der Waals surface area contributed by atoms with Crippen LogP contribution in [0.3, 0.4) is 0 Å². The number of aromatic nitrogens is 1. The lowest BCUT2D eigenvalue weighted by Crippen LogP contribution is -2.32. The molecule has 1 saturated carbocycles. The summed E-state index contributed by atoms with van der Waals surface area (Å²) in [7, 11) is 0. The predicted octanol–water partition coefficient (Wildman–Crippen LogP) is 4.03. The van der Waals surface area contributed by atoms with E-state index < -0.39 is 6.10 Å². The van der Waals surface area contributed by atoms with Gasteiger partial charge >= 0.3 is 0 Å². The number of nitrogens with zero attached hydrogens (tertiary/aromatic N) is 1. The van der Waals surface area contributed by atoms with Crippen LogP contribution >= 0.6 is 0 Å². The Kier molecular flexibility index (Phi) is 5.78. The zero-order chi connectivity index (χ0) is 15.9. The fourth-order valence-corrected chi connectivity index (χ4v) is 3.63. The van der Waals surface area contributed by atoms with Gasteiger partial charge in [0.2, 0.25) is 0 Å². The number of benzene rings is 1. The van der Waals surface area contributed by atoms with Crippen molar-refractivity contribution in [2.45, 2.75) is 44.2 Å². The van der Waals surface area contributed by atoms with Gasteiger partial charge < -0.3 is 10.4 Å². The largest absolute Gasteiger partial charge is 0.387 e. The lowest BCUT2D eigenvalue weighted by molar-refractivity contribution is 0.158. The van der Waals surface area contributed by atoms with E-state index in [9.17, 15) is 5.11 Å². The first-order valence-electron chi connectivity index (χ1n) is 8.71. The van der Waals surface area contributed by atoms with Gasteiger partial charge in [0.25, 0.3) is 0 Å². The fraction of sp³-hybridized carbons (Fsp3) is 0.450. The van der Waals surface area contributed by atoms with Gasteiger partial charge in [-0.25, -0.2) is 0 Å². The van der Waals surface area contributed by atoms with Gasteiger partial charge in [-0.3, -0.25) is 4.98 Å². The second-order valence-electron chi connectivity index (χ2n) is 6.49. The molecule has 1 aliphatic rings. The van der Waals surface area contributed by atoms with E-state index in [0.29, 0.717) is 18.5 Å².